The van der Waals surface area contributed by atoms with Gasteiger partial charge in [0.2, 0.25) is 0 Å². The minimum Gasteiger partial charge on any atom is -0.481 e. The number of carbonyl (C=O) groups is 2. The standard InChI is InChI=1S/C16H22F3N3O3/c1-9(2)5-10(6-14(23)24)8-20-15(25)12-7-13(16(17,18)19)21-22(12)11-3-4-11/h7,9-11H,3-6,8H2,1-2H3,(H,20,25)(H,23,24)/t10-/m0/s1. The van der Waals surface area contributed by atoms with Crippen molar-refractivity contribution in [3.8, 4) is 0 Å². The zero-order chi connectivity index (χ0) is 18.8. The third-order valence-corrected chi connectivity index (χ3v) is 3.97. The zero-order valence-corrected chi connectivity index (χ0v) is 14.1. The van der Waals surface area contributed by atoms with E-state index in [9.17, 15) is 22.8 Å². The summed E-state index contributed by atoms with van der Waals surface area (Å²) < 4.78 is 39.7. The van der Waals surface area contributed by atoms with Gasteiger partial charge in [-0.3, -0.25) is 14.3 Å². The van der Waals surface area contributed by atoms with Crippen LogP contribution in [0.25, 0.3) is 0 Å². The molecule has 1 aliphatic rings. The Kier molecular flexibility index (Phi) is 5.74. The molecule has 2 N–H and O–H groups in total. The van der Waals surface area contributed by atoms with Crippen molar-refractivity contribution in [2.75, 3.05) is 6.54 Å². The van der Waals surface area contributed by atoms with Crippen LogP contribution in [-0.2, 0) is 11.0 Å². The molecule has 1 fully saturated rings. The number of nitrogens with zero attached hydrogens (tertiary/aromatic N) is 2. The van der Waals surface area contributed by atoms with Crippen molar-refractivity contribution in [2.24, 2.45) is 11.8 Å². The van der Waals surface area contributed by atoms with Crippen LogP contribution in [0.2, 0.25) is 0 Å². The molecule has 1 aromatic rings. The average molecular weight is 361 g/mol. The lowest BCUT2D eigenvalue weighted by Crippen LogP contribution is -2.32. The SMILES string of the molecule is CC(C)C[C@H](CNC(=O)c1cc(C(F)(F)F)nn1C1CC1)CC(=O)O. The Hall–Kier alpha value is -2.06. The van der Waals surface area contributed by atoms with Gasteiger partial charge in [-0.2, -0.15) is 18.3 Å². The van der Waals surface area contributed by atoms with Gasteiger partial charge in [0.25, 0.3) is 5.91 Å². The molecule has 1 amide bonds. The number of aromatic nitrogens is 2. The molecule has 0 spiro atoms. The van der Waals surface area contributed by atoms with E-state index >= 15 is 0 Å². The molecule has 0 aromatic carbocycles. The predicted molar refractivity (Wildman–Crippen MR) is 83.0 cm³/mol. The maximum atomic E-state index is 12.9. The first-order valence-electron chi connectivity index (χ1n) is 8.24. The minimum atomic E-state index is -4.61. The van der Waals surface area contributed by atoms with Gasteiger partial charge in [-0.15, -0.1) is 0 Å². The molecule has 25 heavy (non-hydrogen) atoms. The van der Waals surface area contributed by atoms with E-state index in [2.05, 4.69) is 10.4 Å². The number of hydrogen-bond donors (Lipinski definition) is 2. The Morgan fingerprint density at radius 3 is 2.52 bits per heavy atom. The lowest BCUT2D eigenvalue weighted by atomic mass is 9.94. The Morgan fingerprint density at radius 2 is 2.04 bits per heavy atom. The fourth-order valence-corrected chi connectivity index (χ4v) is 2.78. The van der Waals surface area contributed by atoms with Crippen LogP contribution < -0.4 is 5.32 Å². The maximum Gasteiger partial charge on any atom is 0.435 e. The average Bonchev–Trinajstić information content (AvgIpc) is 3.20. The molecule has 0 radical (unpaired) electrons. The lowest BCUT2D eigenvalue weighted by Gasteiger charge is -2.18. The van der Waals surface area contributed by atoms with Gasteiger partial charge in [0, 0.05) is 19.0 Å². The number of hydrogen-bond acceptors (Lipinski definition) is 3. The summed E-state index contributed by atoms with van der Waals surface area (Å²) in [4.78, 5) is 23.2. The highest BCUT2D eigenvalue weighted by atomic mass is 19.4. The van der Waals surface area contributed by atoms with E-state index in [4.69, 9.17) is 5.11 Å². The first-order valence-corrected chi connectivity index (χ1v) is 8.24. The number of carbonyl (C=O) groups excluding carboxylic acids is 1. The number of carboxylic acid groups (broad SMARTS) is 1. The highest BCUT2D eigenvalue weighted by molar-refractivity contribution is 5.92. The summed E-state index contributed by atoms with van der Waals surface area (Å²) in [5.74, 6) is -1.66. The van der Waals surface area contributed by atoms with Crippen LogP contribution >= 0.6 is 0 Å². The van der Waals surface area contributed by atoms with Crippen molar-refractivity contribution in [1.82, 2.24) is 15.1 Å². The molecular weight excluding hydrogens is 339 g/mol. The van der Waals surface area contributed by atoms with Crippen LogP contribution in [-0.4, -0.2) is 33.3 Å². The third-order valence-electron chi connectivity index (χ3n) is 3.97. The van der Waals surface area contributed by atoms with Gasteiger partial charge >= 0.3 is 12.1 Å². The second-order valence-electron chi connectivity index (χ2n) is 6.89. The quantitative estimate of drug-likeness (QED) is 0.745. The summed E-state index contributed by atoms with van der Waals surface area (Å²) in [5, 5.41) is 15.0. The summed E-state index contributed by atoms with van der Waals surface area (Å²) in [6.07, 6.45) is -2.74. The van der Waals surface area contributed by atoms with Crippen LogP contribution in [0.3, 0.4) is 0 Å². The van der Waals surface area contributed by atoms with Crippen molar-refractivity contribution < 1.29 is 27.9 Å². The molecular formula is C16H22F3N3O3. The second-order valence-corrected chi connectivity index (χ2v) is 6.89. The smallest absolute Gasteiger partial charge is 0.435 e. The van der Waals surface area contributed by atoms with Gasteiger partial charge in [0.05, 0.1) is 6.04 Å². The molecule has 1 heterocycles. The monoisotopic (exact) mass is 361 g/mol. The Labute approximate surface area is 143 Å². The Bertz CT molecular complexity index is 636. The highest BCUT2D eigenvalue weighted by Gasteiger charge is 2.38. The first kappa shape index (κ1) is 19.3. The number of alkyl halides is 3. The molecule has 1 aromatic heterocycles. The molecule has 2 rings (SSSR count). The van der Waals surface area contributed by atoms with E-state index in [1.54, 1.807) is 0 Å². The summed E-state index contributed by atoms with van der Waals surface area (Å²) in [7, 11) is 0. The van der Waals surface area contributed by atoms with E-state index in [0.717, 1.165) is 10.7 Å². The fourth-order valence-electron chi connectivity index (χ4n) is 2.78. The number of amides is 1. The highest BCUT2D eigenvalue weighted by Crippen LogP contribution is 2.37. The summed E-state index contributed by atoms with van der Waals surface area (Å²) in [6.45, 7) is 3.98. The number of aliphatic carboxylic acids is 1. The van der Waals surface area contributed by atoms with Crippen molar-refractivity contribution in [3.05, 3.63) is 17.5 Å². The number of halogens is 3. The predicted octanol–water partition coefficient (Wildman–Crippen LogP) is 3.10. The van der Waals surface area contributed by atoms with Crippen molar-refractivity contribution in [2.45, 2.75) is 51.7 Å². The van der Waals surface area contributed by atoms with E-state index < -0.39 is 23.7 Å². The van der Waals surface area contributed by atoms with Crippen molar-refractivity contribution in [3.63, 3.8) is 0 Å². The number of carboxylic acids is 1. The molecule has 0 saturated heterocycles. The first-order chi connectivity index (χ1) is 11.6. The number of rotatable bonds is 8. The van der Waals surface area contributed by atoms with Crippen LogP contribution in [0.5, 0.6) is 0 Å². The molecule has 1 atom stereocenters. The molecule has 0 bridgehead atoms. The van der Waals surface area contributed by atoms with Crippen LogP contribution in [0.15, 0.2) is 6.07 Å². The Balaban J connectivity index is 2.09. The third kappa shape index (κ3) is 5.47. The van der Waals surface area contributed by atoms with E-state index in [-0.39, 0.29) is 36.5 Å². The van der Waals surface area contributed by atoms with Crippen molar-refractivity contribution in [1.29, 1.82) is 0 Å². The molecule has 1 aliphatic carbocycles. The van der Waals surface area contributed by atoms with Gasteiger partial charge < -0.3 is 10.4 Å². The fraction of sp³-hybridized carbons (Fsp3) is 0.688. The van der Waals surface area contributed by atoms with Crippen LogP contribution in [0.1, 0.15) is 61.8 Å². The molecule has 140 valence electrons. The number of nitrogens with one attached hydrogen (secondary N) is 1. The van der Waals surface area contributed by atoms with Crippen molar-refractivity contribution >= 4 is 11.9 Å². The molecule has 0 unspecified atom stereocenters. The Morgan fingerprint density at radius 1 is 1.40 bits per heavy atom. The van der Waals surface area contributed by atoms with Gasteiger partial charge in [-0.1, -0.05) is 13.8 Å². The topological polar surface area (TPSA) is 84.2 Å². The summed E-state index contributed by atoms with van der Waals surface area (Å²) in [5.41, 5.74) is -1.22. The molecule has 0 aliphatic heterocycles. The van der Waals surface area contributed by atoms with Gasteiger partial charge in [0.1, 0.15) is 5.69 Å². The summed E-state index contributed by atoms with van der Waals surface area (Å²) >= 11 is 0. The molecule has 9 heteroatoms. The van der Waals surface area contributed by atoms with E-state index in [1.165, 1.54) is 0 Å². The van der Waals surface area contributed by atoms with E-state index in [1.807, 2.05) is 13.8 Å². The second kappa shape index (κ2) is 7.45. The summed E-state index contributed by atoms with van der Waals surface area (Å²) in [6, 6.07) is 0.574. The molecule has 1 saturated carbocycles. The minimum absolute atomic E-state index is 0.0977. The van der Waals surface area contributed by atoms with Crippen LogP contribution in [0.4, 0.5) is 13.2 Å². The normalized spacial score (nSPS) is 16.1. The van der Waals surface area contributed by atoms with Gasteiger partial charge in [-0.05, 0) is 31.1 Å². The zero-order valence-electron chi connectivity index (χ0n) is 14.1. The van der Waals surface area contributed by atoms with Crippen LogP contribution in [0, 0.1) is 11.8 Å². The largest absolute Gasteiger partial charge is 0.481 e. The van der Waals surface area contributed by atoms with Gasteiger partial charge in [-0.25, -0.2) is 0 Å². The maximum absolute atomic E-state index is 12.9. The van der Waals surface area contributed by atoms with Gasteiger partial charge in [0.15, 0.2) is 5.69 Å². The molecule has 6 nitrogen and oxygen atoms in total. The van der Waals surface area contributed by atoms with E-state index in [0.29, 0.717) is 19.3 Å². The lowest BCUT2D eigenvalue weighted by molar-refractivity contribution is -0.141.